The predicted octanol–water partition coefficient (Wildman–Crippen LogP) is 5.23. The number of nitrogens with zero attached hydrogens (tertiary/aromatic N) is 4. The number of amides is 1. The molecule has 1 atom stereocenters. The molecule has 8 nitrogen and oxygen atoms in total. The number of carbonyl (C=O) groups excluding carboxylic acids is 2. The fraction of sp³-hybridized carbons (Fsp3) is 0.192. The normalized spacial score (nSPS) is 17.5. The molecule has 11 heteroatoms. The number of benzene rings is 2. The van der Waals surface area contributed by atoms with E-state index in [0.717, 1.165) is 11.3 Å². The molecule has 0 saturated carbocycles. The van der Waals surface area contributed by atoms with E-state index in [1.807, 2.05) is 30.3 Å². The first kappa shape index (κ1) is 25.0. The maximum atomic E-state index is 13.2. The number of Topliss-reactive ketones (excluding diaryl/α,β-unsaturated/α-hetero) is 1. The van der Waals surface area contributed by atoms with Gasteiger partial charge in [0.05, 0.1) is 23.3 Å². The molecule has 0 radical (unpaired) electrons. The molecule has 3 aromatic rings. The van der Waals surface area contributed by atoms with E-state index in [4.69, 9.17) is 17.3 Å². The lowest BCUT2D eigenvalue weighted by Crippen LogP contribution is -2.38. The molecule has 5 rings (SSSR count). The van der Waals surface area contributed by atoms with Crippen molar-refractivity contribution in [2.45, 2.75) is 29.5 Å². The van der Waals surface area contributed by atoms with Gasteiger partial charge in [-0.1, -0.05) is 71.1 Å². The Hall–Kier alpha value is -3.65. The standard InChI is InChI=1S/C26H21ClN6O2S2/c27-16-8-4-9-17(12-16)30-21(35)14-36-26-32-31-25(37-26)33-19-10-5-11-20(34)23(19)22(18(13-28)24(33)29)15-6-2-1-3-7-15/h1-4,6-9,12,22H,5,10-11,14,29H2,(H,30,35). The van der Waals surface area contributed by atoms with Crippen LogP contribution in [0, 0.1) is 11.3 Å². The van der Waals surface area contributed by atoms with Crippen molar-refractivity contribution >= 4 is 57.2 Å². The van der Waals surface area contributed by atoms with Gasteiger partial charge in [-0.25, -0.2) is 0 Å². The Morgan fingerprint density at radius 1 is 1.22 bits per heavy atom. The number of rotatable bonds is 6. The molecule has 1 aromatic heterocycles. The predicted molar refractivity (Wildman–Crippen MR) is 145 cm³/mol. The zero-order valence-electron chi connectivity index (χ0n) is 19.5. The van der Waals surface area contributed by atoms with Crippen molar-refractivity contribution in [1.29, 1.82) is 5.26 Å². The van der Waals surface area contributed by atoms with E-state index in [1.165, 1.54) is 23.1 Å². The monoisotopic (exact) mass is 548 g/mol. The van der Waals surface area contributed by atoms with Gasteiger partial charge in [-0.05, 0) is 36.6 Å². The molecule has 186 valence electrons. The Morgan fingerprint density at radius 2 is 2.03 bits per heavy atom. The summed E-state index contributed by atoms with van der Waals surface area (Å²) in [4.78, 5) is 27.3. The number of anilines is 2. The Balaban J connectivity index is 1.41. The second-order valence-electron chi connectivity index (χ2n) is 8.42. The largest absolute Gasteiger partial charge is 0.384 e. The van der Waals surface area contributed by atoms with Crippen LogP contribution in [0.4, 0.5) is 10.8 Å². The molecule has 1 unspecified atom stereocenters. The summed E-state index contributed by atoms with van der Waals surface area (Å²) in [7, 11) is 0. The second-order valence-corrected chi connectivity index (χ2v) is 11.0. The molecule has 3 N–H and O–H groups in total. The van der Waals surface area contributed by atoms with Gasteiger partial charge in [0.1, 0.15) is 5.82 Å². The van der Waals surface area contributed by atoms with Crippen LogP contribution >= 0.6 is 34.7 Å². The molecule has 1 amide bonds. The number of ketones is 1. The third-order valence-corrected chi connectivity index (χ3v) is 8.35. The average molecular weight is 549 g/mol. The van der Waals surface area contributed by atoms with Gasteiger partial charge in [0, 0.05) is 28.4 Å². The van der Waals surface area contributed by atoms with E-state index in [1.54, 1.807) is 29.2 Å². The van der Waals surface area contributed by atoms with Crippen molar-refractivity contribution in [2.24, 2.45) is 5.73 Å². The second kappa shape index (κ2) is 10.8. The van der Waals surface area contributed by atoms with Gasteiger partial charge in [-0.2, -0.15) is 5.26 Å². The Labute approximate surface area is 226 Å². The maximum Gasteiger partial charge on any atom is 0.234 e. The summed E-state index contributed by atoms with van der Waals surface area (Å²) >= 11 is 8.47. The molecule has 0 bridgehead atoms. The number of nitrogens with two attached hydrogens (primary N) is 1. The summed E-state index contributed by atoms with van der Waals surface area (Å²) in [6, 6.07) is 18.7. The van der Waals surface area contributed by atoms with Crippen molar-refractivity contribution in [1.82, 2.24) is 10.2 Å². The minimum absolute atomic E-state index is 0.0113. The highest BCUT2D eigenvalue weighted by molar-refractivity contribution is 8.01. The molecule has 2 heterocycles. The molecular formula is C26H21ClN6O2S2. The van der Waals surface area contributed by atoms with Crippen LogP contribution in [0.5, 0.6) is 0 Å². The van der Waals surface area contributed by atoms with Crippen molar-refractivity contribution in [3.05, 3.63) is 87.8 Å². The Morgan fingerprint density at radius 3 is 2.78 bits per heavy atom. The van der Waals surface area contributed by atoms with Crippen LogP contribution < -0.4 is 16.0 Å². The van der Waals surface area contributed by atoms with E-state index in [2.05, 4.69) is 21.6 Å². The molecule has 1 aliphatic heterocycles. The number of allylic oxidation sites excluding steroid dienone is 3. The minimum atomic E-state index is -0.512. The summed E-state index contributed by atoms with van der Waals surface area (Å²) in [6.07, 6.45) is 1.75. The van der Waals surface area contributed by atoms with Gasteiger partial charge in [0.2, 0.25) is 11.0 Å². The van der Waals surface area contributed by atoms with Gasteiger partial charge in [0.15, 0.2) is 10.1 Å². The number of hydrogen-bond donors (Lipinski definition) is 2. The number of thioether (sulfide) groups is 1. The van der Waals surface area contributed by atoms with Crippen molar-refractivity contribution < 1.29 is 9.59 Å². The molecule has 0 spiro atoms. The summed E-state index contributed by atoms with van der Waals surface area (Å²) in [5, 5.41) is 22.4. The molecule has 37 heavy (non-hydrogen) atoms. The number of carbonyl (C=O) groups is 2. The third-order valence-electron chi connectivity index (χ3n) is 6.07. The van der Waals surface area contributed by atoms with E-state index >= 15 is 0 Å². The van der Waals surface area contributed by atoms with E-state index in [0.29, 0.717) is 50.6 Å². The summed E-state index contributed by atoms with van der Waals surface area (Å²) in [5.41, 5.74) is 9.69. The first-order valence-electron chi connectivity index (χ1n) is 11.5. The number of aromatic nitrogens is 2. The lowest BCUT2D eigenvalue weighted by atomic mass is 9.76. The molecule has 2 aliphatic rings. The summed E-state index contributed by atoms with van der Waals surface area (Å²) in [5.74, 6) is -0.337. The fourth-order valence-electron chi connectivity index (χ4n) is 4.53. The minimum Gasteiger partial charge on any atom is -0.384 e. The van der Waals surface area contributed by atoms with Crippen LogP contribution in [-0.2, 0) is 9.59 Å². The Kier molecular flexibility index (Phi) is 7.28. The van der Waals surface area contributed by atoms with E-state index < -0.39 is 5.92 Å². The van der Waals surface area contributed by atoms with Crippen LogP contribution in [0.2, 0.25) is 5.02 Å². The van der Waals surface area contributed by atoms with Gasteiger partial charge in [-0.15, -0.1) is 10.2 Å². The van der Waals surface area contributed by atoms with E-state index in [9.17, 15) is 14.9 Å². The van der Waals surface area contributed by atoms with Crippen LogP contribution in [0.25, 0.3) is 0 Å². The zero-order valence-corrected chi connectivity index (χ0v) is 21.9. The number of halogens is 1. The van der Waals surface area contributed by atoms with Crippen LogP contribution in [0.3, 0.4) is 0 Å². The number of hydrogen-bond acceptors (Lipinski definition) is 9. The summed E-state index contributed by atoms with van der Waals surface area (Å²) < 4.78 is 0.567. The molecule has 0 fully saturated rings. The van der Waals surface area contributed by atoms with Gasteiger partial charge >= 0.3 is 0 Å². The summed E-state index contributed by atoms with van der Waals surface area (Å²) in [6.45, 7) is 0. The zero-order chi connectivity index (χ0) is 25.9. The first-order chi connectivity index (χ1) is 18.0. The molecule has 2 aromatic carbocycles. The number of nitriles is 1. The fourth-order valence-corrected chi connectivity index (χ4v) is 6.40. The van der Waals surface area contributed by atoms with Crippen molar-refractivity contribution in [2.75, 3.05) is 16.0 Å². The Bertz CT molecular complexity index is 1480. The average Bonchev–Trinajstić information content (AvgIpc) is 3.36. The van der Waals surface area contributed by atoms with Gasteiger partial charge < -0.3 is 11.1 Å². The van der Waals surface area contributed by atoms with Gasteiger partial charge in [0.25, 0.3) is 0 Å². The quantitative estimate of drug-likeness (QED) is 0.401. The van der Waals surface area contributed by atoms with E-state index in [-0.39, 0.29) is 23.3 Å². The smallest absolute Gasteiger partial charge is 0.234 e. The third kappa shape index (κ3) is 5.11. The van der Waals surface area contributed by atoms with Crippen LogP contribution in [0.1, 0.15) is 30.7 Å². The van der Waals surface area contributed by atoms with Crippen LogP contribution in [0.15, 0.2) is 81.6 Å². The molecule has 0 saturated heterocycles. The topological polar surface area (TPSA) is 125 Å². The number of nitrogens with one attached hydrogen (secondary N) is 1. The molecule has 1 aliphatic carbocycles. The SMILES string of the molecule is N#CC1=C(N)N(c2nnc(SCC(=O)Nc3cccc(Cl)c3)s2)C2=C(C(=O)CCC2)C1c1ccccc1. The lowest BCUT2D eigenvalue weighted by molar-refractivity contribution is -0.116. The maximum absolute atomic E-state index is 13.2. The van der Waals surface area contributed by atoms with Crippen LogP contribution in [-0.4, -0.2) is 27.6 Å². The highest BCUT2D eigenvalue weighted by atomic mass is 35.5. The first-order valence-corrected chi connectivity index (χ1v) is 13.7. The van der Waals surface area contributed by atoms with Crippen molar-refractivity contribution in [3.63, 3.8) is 0 Å². The highest BCUT2D eigenvalue weighted by Gasteiger charge is 2.41. The molecular weight excluding hydrogens is 528 g/mol. The van der Waals surface area contributed by atoms with Gasteiger partial charge in [-0.3, -0.25) is 14.5 Å². The highest BCUT2D eigenvalue weighted by Crippen LogP contribution is 2.47. The lowest BCUT2D eigenvalue weighted by Gasteiger charge is -2.38. The van der Waals surface area contributed by atoms with Crippen molar-refractivity contribution in [3.8, 4) is 6.07 Å².